The van der Waals surface area contributed by atoms with Gasteiger partial charge < -0.3 is 5.32 Å². The van der Waals surface area contributed by atoms with Crippen LogP contribution in [0.5, 0.6) is 0 Å². The summed E-state index contributed by atoms with van der Waals surface area (Å²) in [6.07, 6.45) is 1.95. The number of β-lactam (4-membered cyclic amide) rings is 1. The summed E-state index contributed by atoms with van der Waals surface area (Å²) in [7, 11) is 1.94. The van der Waals surface area contributed by atoms with E-state index in [1.54, 1.807) is 0 Å². The van der Waals surface area contributed by atoms with Crippen LogP contribution in [0.25, 0.3) is 0 Å². The first-order chi connectivity index (χ1) is 9.73. The molecule has 2 aliphatic heterocycles. The minimum Gasteiger partial charge on any atom is -0.318 e. The Balaban J connectivity index is 1.50. The number of benzene rings is 1. The van der Waals surface area contributed by atoms with Crippen LogP contribution in [0.2, 0.25) is 0 Å². The minimum absolute atomic E-state index is 0.0760. The standard InChI is InChI=1S/C15H21N3O2/c1-16-9-13-7-8-15(17-13)11-18(14(15)19)20-10-12-5-3-2-4-6-12/h2-6,13,16-17H,7-11H2,1H3. The van der Waals surface area contributed by atoms with Crippen LogP contribution in [0.1, 0.15) is 18.4 Å². The molecule has 5 nitrogen and oxygen atoms in total. The van der Waals surface area contributed by atoms with Crippen LogP contribution in [0.15, 0.2) is 30.3 Å². The molecule has 2 heterocycles. The van der Waals surface area contributed by atoms with Crippen LogP contribution in [0.3, 0.4) is 0 Å². The van der Waals surface area contributed by atoms with Gasteiger partial charge in [0.05, 0.1) is 6.54 Å². The molecular weight excluding hydrogens is 254 g/mol. The first-order valence-corrected chi connectivity index (χ1v) is 7.15. The molecule has 2 aliphatic rings. The number of nitrogens with zero attached hydrogens (tertiary/aromatic N) is 1. The highest BCUT2D eigenvalue weighted by Gasteiger charge is 2.56. The second-order valence-electron chi connectivity index (χ2n) is 5.62. The predicted molar refractivity (Wildman–Crippen MR) is 75.8 cm³/mol. The average Bonchev–Trinajstić information content (AvgIpc) is 2.91. The fourth-order valence-corrected chi connectivity index (χ4v) is 3.01. The van der Waals surface area contributed by atoms with Crippen molar-refractivity contribution in [3.05, 3.63) is 35.9 Å². The van der Waals surface area contributed by atoms with E-state index in [-0.39, 0.29) is 11.4 Å². The molecule has 0 aromatic heterocycles. The highest BCUT2D eigenvalue weighted by atomic mass is 16.7. The molecule has 20 heavy (non-hydrogen) atoms. The molecule has 108 valence electrons. The Kier molecular flexibility index (Phi) is 3.74. The molecule has 2 saturated heterocycles. The highest BCUT2D eigenvalue weighted by molar-refractivity contribution is 5.92. The first kappa shape index (κ1) is 13.5. The largest absolute Gasteiger partial charge is 0.318 e. The van der Waals surface area contributed by atoms with Crippen molar-refractivity contribution in [3.8, 4) is 0 Å². The van der Waals surface area contributed by atoms with Crippen LogP contribution in [0, 0.1) is 0 Å². The SMILES string of the molecule is CNCC1CCC2(CN(OCc3ccccc3)C2=O)N1. The Bertz CT molecular complexity index is 479. The third-order valence-electron chi connectivity index (χ3n) is 4.13. The van der Waals surface area contributed by atoms with Crippen LogP contribution >= 0.6 is 0 Å². The van der Waals surface area contributed by atoms with Crippen molar-refractivity contribution in [2.75, 3.05) is 20.1 Å². The summed E-state index contributed by atoms with van der Waals surface area (Å²) in [6.45, 7) is 2.00. The number of likely N-dealkylation sites (N-methyl/N-ethyl adjacent to an activating group) is 1. The number of carbonyl (C=O) groups excluding carboxylic acids is 1. The molecule has 1 aromatic carbocycles. The minimum atomic E-state index is -0.363. The number of hydroxylamine groups is 2. The molecule has 1 amide bonds. The summed E-state index contributed by atoms with van der Waals surface area (Å²) < 4.78 is 0. The van der Waals surface area contributed by atoms with Crippen molar-refractivity contribution in [2.24, 2.45) is 0 Å². The Hall–Kier alpha value is -1.43. The number of carbonyl (C=O) groups is 1. The third-order valence-corrected chi connectivity index (χ3v) is 4.13. The lowest BCUT2D eigenvalue weighted by molar-refractivity contribution is -0.231. The fourth-order valence-electron chi connectivity index (χ4n) is 3.01. The zero-order chi connectivity index (χ0) is 14.0. The molecule has 0 saturated carbocycles. The van der Waals surface area contributed by atoms with Crippen molar-refractivity contribution >= 4 is 5.91 Å². The average molecular weight is 275 g/mol. The molecule has 0 bridgehead atoms. The van der Waals surface area contributed by atoms with Gasteiger partial charge in [0.1, 0.15) is 12.1 Å². The molecule has 2 N–H and O–H groups in total. The van der Waals surface area contributed by atoms with E-state index >= 15 is 0 Å². The van der Waals surface area contributed by atoms with E-state index in [2.05, 4.69) is 10.6 Å². The van der Waals surface area contributed by atoms with E-state index in [1.807, 2.05) is 37.4 Å². The normalized spacial score (nSPS) is 28.9. The van der Waals surface area contributed by atoms with Crippen LogP contribution < -0.4 is 10.6 Å². The Labute approximate surface area is 119 Å². The van der Waals surface area contributed by atoms with Crippen LogP contribution in [0.4, 0.5) is 0 Å². The smallest absolute Gasteiger partial charge is 0.268 e. The second-order valence-corrected chi connectivity index (χ2v) is 5.62. The summed E-state index contributed by atoms with van der Waals surface area (Å²) in [5.41, 5.74) is 0.715. The van der Waals surface area contributed by atoms with Gasteiger partial charge in [-0.2, -0.15) is 0 Å². The lowest BCUT2D eigenvalue weighted by Gasteiger charge is -2.45. The highest BCUT2D eigenvalue weighted by Crippen LogP contribution is 2.34. The summed E-state index contributed by atoms with van der Waals surface area (Å²) in [5.74, 6) is 0.0760. The van der Waals surface area contributed by atoms with Crippen LogP contribution in [-0.4, -0.2) is 42.7 Å². The molecule has 2 fully saturated rings. The number of hydrogen-bond acceptors (Lipinski definition) is 4. The van der Waals surface area contributed by atoms with Crippen molar-refractivity contribution in [1.29, 1.82) is 0 Å². The monoisotopic (exact) mass is 275 g/mol. The number of hydrogen-bond donors (Lipinski definition) is 2. The topological polar surface area (TPSA) is 53.6 Å². The van der Waals surface area contributed by atoms with Gasteiger partial charge in [0.25, 0.3) is 5.91 Å². The Morgan fingerprint density at radius 3 is 2.95 bits per heavy atom. The maximum atomic E-state index is 12.3. The zero-order valence-corrected chi connectivity index (χ0v) is 11.8. The summed E-state index contributed by atoms with van der Waals surface area (Å²) in [6, 6.07) is 10.3. The maximum absolute atomic E-state index is 12.3. The van der Waals surface area contributed by atoms with Gasteiger partial charge >= 0.3 is 0 Å². The van der Waals surface area contributed by atoms with E-state index in [0.29, 0.717) is 19.2 Å². The van der Waals surface area contributed by atoms with Crippen molar-refractivity contribution in [2.45, 2.75) is 31.0 Å². The molecular formula is C15H21N3O2. The summed E-state index contributed by atoms with van der Waals surface area (Å²) in [5, 5.41) is 8.09. The van der Waals surface area contributed by atoms with Gasteiger partial charge in [-0.25, -0.2) is 5.06 Å². The molecule has 1 spiro atoms. The number of rotatable bonds is 5. The van der Waals surface area contributed by atoms with Gasteiger partial charge in [-0.15, -0.1) is 0 Å². The molecule has 2 atom stereocenters. The molecule has 2 unspecified atom stereocenters. The third kappa shape index (κ3) is 2.44. The van der Waals surface area contributed by atoms with Crippen LogP contribution in [-0.2, 0) is 16.2 Å². The van der Waals surface area contributed by atoms with Crippen molar-refractivity contribution in [1.82, 2.24) is 15.7 Å². The Morgan fingerprint density at radius 1 is 1.45 bits per heavy atom. The van der Waals surface area contributed by atoms with E-state index in [0.717, 1.165) is 24.9 Å². The lowest BCUT2D eigenvalue weighted by Crippen LogP contribution is -2.71. The van der Waals surface area contributed by atoms with Crippen molar-refractivity contribution < 1.29 is 9.63 Å². The predicted octanol–water partition coefficient (Wildman–Crippen LogP) is 0.671. The van der Waals surface area contributed by atoms with Gasteiger partial charge in [0, 0.05) is 12.6 Å². The fraction of sp³-hybridized carbons (Fsp3) is 0.533. The number of amides is 1. The van der Waals surface area contributed by atoms with E-state index in [9.17, 15) is 4.79 Å². The second kappa shape index (κ2) is 5.52. The van der Waals surface area contributed by atoms with Gasteiger partial charge in [-0.05, 0) is 25.5 Å². The van der Waals surface area contributed by atoms with Gasteiger partial charge in [-0.3, -0.25) is 14.9 Å². The van der Waals surface area contributed by atoms with E-state index in [4.69, 9.17) is 4.84 Å². The molecule has 5 heteroatoms. The van der Waals surface area contributed by atoms with Gasteiger partial charge in [-0.1, -0.05) is 30.3 Å². The van der Waals surface area contributed by atoms with Gasteiger partial charge in [0.2, 0.25) is 0 Å². The molecule has 0 radical (unpaired) electrons. The molecule has 0 aliphatic carbocycles. The van der Waals surface area contributed by atoms with Gasteiger partial charge in [0.15, 0.2) is 0 Å². The Morgan fingerprint density at radius 2 is 2.25 bits per heavy atom. The zero-order valence-electron chi connectivity index (χ0n) is 11.8. The molecule has 3 rings (SSSR count). The van der Waals surface area contributed by atoms with Crippen molar-refractivity contribution in [3.63, 3.8) is 0 Å². The summed E-state index contributed by atoms with van der Waals surface area (Å²) in [4.78, 5) is 17.9. The quantitative estimate of drug-likeness (QED) is 0.776. The lowest BCUT2D eigenvalue weighted by atomic mass is 9.89. The first-order valence-electron chi connectivity index (χ1n) is 7.15. The molecule has 1 aromatic rings. The van der Waals surface area contributed by atoms with E-state index in [1.165, 1.54) is 5.06 Å². The van der Waals surface area contributed by atoms with E-state index < -0.39 is 0 Å². The maximum Gasteiger partial charge on any atom is 0.268 e. The number of nitrogens with one attached hydrogen (secondary N) is 2. The summed E-state index contributed by atoms with van der Waals surface area (Å²) >= 11 is 0.